The Morgan fingerprint density at radius 2 is 1.96 bits per heavy atom. The van der Waals surface area contributed by atoms with Crippen LogP contribution in [0.2, 0.25) is 0 Å². The lowest BCUT2D eigenvalue weighted by molar-refractivity contribution is -0.124. The van der Waals surface area contributed by atoms with Gasteiger partial charge in [0.05, 0.1) is 24.5 Å². The second-order valence-electron chi connectivity index (χ2n) is 6.36. The van der Waals surface area contributed by atoms with Crippen LogP contribution in [0, 0.1) is 0 Å². The number of hydrogen-bond donors (Lipinski definition) is 1. The molecule has 0 unspecified atom stereocenters. The smallest absolute Gasteiger partial charge is 0.257 e. The molecule has 28 heavy (non-hydrogen) atoms. The van der Waals surface area contributed by atoms with Crippen molar-refractivity contribution < 1.29 is 19.1 Å². The average molecular weight is 384 g/mol. The first kappa shape index (κ1) is 19.9. The van der Waals surface area contributed by atoms with Gasteiger partial charge in [-0.1, -0.05) is 30.3 Å². The lowest BCUT2D eigenvalue weighted by atomic mass is 10.1. The predicted octanol–water partition coefficient (Wildman–Crippen LogP) is 0.921. The van der Waals surface area contributed by atoms with E-state index in [1.54, 1.807) is 11.1 Å². The zero-order valence-electron chi connectivity index (χ0n) is 15.9. The molecule has 2 aromatic rings. The van der Waals surface area contributed by atoms with Crippen LogP contribution >= 0.6 is 0 Å². The van der Waals surface area contributed by atoms with E-state index in [4.69, 9.17) is 9.47 Å². The normalized spacial score (nSPS) is 14.0. The lowest BCUT2D eigenvalue weighted by Gasteiger charge is -2.27. The topological polar surface area (TPSA) is 93.7 Å². The molecule has 8 nitrogen and oxygen atoms in total. The molecular formula is C20H24N4O4. The number of carbonyl (C=O) groups excluding carboxylic acids is 2. The van der Waals surface area contributed by atoms with Crippen LogP contribution in [0.4, 0.5) is 0 Å². The fraction of sp³-hybridized carbons (Fsp3) is 0.400. The van der Waals surface area contributed by atoms with E-state index in [1.807, 2.05) is 30.3 Å². The lowest BCUT2D eigenvalue weighted by Crippen LogP contribution is -2.41. The number of nitrogens with zero attached hydrogens (tertiary/aromatic N) is 3. The summed E-state index contributed by atoms with van der Waals surface area (Å²) in [6, 6.07) is 9.59. The highest BCUT2D eigenvalue weighted by molar-refractivity contribution is 5.95. The molecule has 2 heterocycles. The van der Waals surface area contributed by atoms with E-state index >= 15 is 0 Å². The molecule has 1 aliphatic heterocycles. The van der Waals surface area contributed by atoms with Crippen molar-refractivity contribution in [3.63, 3.8) is 0 Å². The van der Waals surface area contributed by atoms with Crippen molar-refractivity contribution in [2.45, 2.75) is 6.42 Å². The summed E-state index contributed by atoms with van der Waals surface area (Å²) in [6.07, 6.45) is 2.00. The molecule has 8 heteroatoms. The van der Waals surface area contributed by atoms with Crippen LogP contribution < -0.4 is 5.32 Å². The van der Waals surface area contributed by atoms with Crippen LogP contribution in [0.15, 0.2) is 36.5 Å². The highest BCUT2D eigenvalue weighted by atomic mass is 16.5. The van der Waals surface area contributed by atoms with Crippen molar-refractivity contribution in [2.24, 2.45) is 0 Å². The second kappa shape index (κ2) is 9.91. The number of methoxy groups -OCH3 is 1. The number of nitrogens with one attached hydrogen (secondary N) is 1. The maximum Gasteiger partial charge on any atom is 0.257 e. The summed E-state index contributed by atoms with van der Waals surface area (Å²) in [5.74, 6) is 0.236. The third-order valence-corrected chi connectivity index (χ3v) is 4.39. The third-order valence-electron chi connectivity index (χ3n) is 4.39. The number of carbonyl (C=O) groups is 2. The zero-order valence-corrected chi connectivity index (χ0v) is 15.9. The Morgan fingerprint density at radius 1 is 1.21 bits per heavy atom. The van der Waals surface area contributed by atoms with Crippen LogP contribution in [0.5, 0.6) is 0 Å². The molecule has 0 saturated carbocycles. The quantitative estimate of drug-likeness (QED) is 0.763. The fourth-order valence-corrected chi connectivity index (χ4v) is 2.95. The standard InChI is InChI=1S/C20H24N4O4/c1-27-14-18(25)21-8-7-17-16(20(26)24-9-11-28-12-10-24)13-22-19(23-17)15-5-3-2-4-6-15/h2-6,13H,7-12,14H2,1H3,(H,21,25). The molecule has 1 fully saturated rings. The van der Waals surface area contributed by atoms with E-state index in [1.165, 1.54) is 7.11 Å². The maximum atomic E-state index is 13.0. The molecule has 0 atom stereocenters. The zero-order chi connectivity index (χ0) is 19.8. The molecule has 2 amide bonds. The predicted molar refractivity (Wildman–Crippen MR) is 103 cm³/mol. The van der Waals surface area contributed by atoms with Gasteiger partial charge in [-0.05, 0) is 0 Å². The summed E-state index contributed by atoms with van der Waals surface area (Å²) in [5.41, 5.74) is 1.95. The average Bonchev–Trinajstić information content (AvgIpc) is 2.74. The maximum absolute atomic E-state index is 13.0. The van der Waals surface area contributed by atoms with E-state index in [2.05, 4.69) is 15.3 Å². The minimum atomic E-state index is -0.208. The second-order valence-corrected chi connectivity index (χ2v) is 6.36. The van der Waals surface area contributed by atoms with Crippen molar-refractivity contribution >= 4 is 11.8 Å². The molecule has 148 valence electrons. The van der Waals surface area contributed by atoms with Gasteiger partial charge in [-0.25, -0.2) is 9.97 Å². The van der Waals surface area contributed by atoms with E-state index in [0.29, 0.717) is 56.4 Å². The summed E-state index contributed by atoms with van der Waals surface area (Å²) >= 11 is 0. The van der Waals surface area contributed by atoms with Crippen LogP contribution in [0.3, 0.4) is 0 Å². The van der Waals surface area contributed by atoms with Gasteiger partial charge in [0.2, 0.25) is 5.91 Å². The molecule has 1 aromatic carbocycles. The van der Waals surface area contributed by atoms with Crippen molar-refractivity contribution in [3.05, 3.63) is 47.8 Å². The van der Waals surface area contributed by atoms with E-state index in [9.17, 15) is 9.59 Å². The number of rotatable bonds is 7. The Morgan fingerprint density at radius 3 is 2.68 bits per heavy atom. The van der Waals surface area contributed by atoms with Gasteiger partial charge in [0, 0.05) is 44.9 Å². The molecule has 0 spiro atoms. The van der Waals surface area contributed by atoms with Crippen LogP contribution in [0.1, 0.15) is 16.1 Å². The summed E-state index contributed by atoms with van der Waals surface area (Å²) in [7, 11) is 1.47. The van der Waals surface area contributed by atoms with E-state index in [0.717, 1.165) is 5.56 Å². The van der Waals surface area contributed by atoms with Gasteiger partial charge in [-0.15, -0.1) is 0 Å². The molecule has 0 radical (unpaired) electrons. The van der Waals surface area contributed by atoms with Crippen LogP contribution in [-0.2, 0) is 20.7 Å². The molecule has 1 aliphatic rings. The molecule has 1 aromatic heterocycles. The number of benzene rings is 1. The molecule has 3 rings (SSSR count). The first-order chi connectivity index (χ1) is 13.7. The van der Waals surface area contributed by atoms with Gasteiger partial charge in [-0.3, -0.25) is 9.59 Å². The number of hydrogen-bond acceptors (Lipinski definition) is 6. The van der Waals surface area contributed by atoms with Crippen LogP contribution in [-0.4, -0.2) is 73.2 Å². The van der Waals surface area contributed by atoms with Crippen molar-refractivity contribution in [2.75, 3.05) is 46.6 Å². The van der Waals surface area contributed by atoms with Crippen molar-refractivity contribution in [3.8, 4) is 11.4 Å². The number of ether oxygens (including phenoxy) is 2. The Hall–Kier alpha value is -2.84. The Kier molecular flexibility index (Phi) is 7.05. The summed E-state index contributed by atoms with van der Waals surface area (Å²) < 4.78 is 10.1. The first-order valence-electron chi connectivity index (χ1n) is 9.23. The van der Waals surface area contributed by atoms with E-state index < -0.39 is 0 Å². The number of amides is 2. The molecule has 1 saturated heterocycles. The highest BCUT2D eigenvalue weighted by Gasteiger charge is 2.23. The van der Waals surface area contributed by atoms with Crippen LogP contribution in [0.25, 0.3) is 11.4 Å². The van der Waals surface area contributed by atoms with Gasteiger partial charge < -0.3 is 19.7 Å². The monoisotopic (exact) mass is 384 g/mol. The van der Waals surface area contributed by atoms with Gasteiger partial charge >= 0.3 is 0 Å². The Bertz CT molecular complexity index is 807. The third kappa shape index (κ3) is 5.11. The Labute approximate surface area is 163 Å². The summed E-state index contributed by atoms with van der Waals surface area (Å²) in [5, 5.41) is 2.77. The van der Waals surface area contributed by atoms with Crippen molar-refractivity contribution in [1.29, 1.82) is 0 Å². The van der Waals surface area contributed by atoms with Gasteiger partial charge in [0.1, 0.15) is 6.61 Å². The van der Waals surface area contributed by atoms with Crippen molar-refractivity contribution in [1.82, 2.24) is 20.2 Å². The number of morpholine rings is 1. The molecule has 0 aliphatic carbocycles. The minimum absolute atomic E-state index is 0.00138. The van der Waals surface area contributed by atoms with Gasteiger partial charge in [0.25, 0.3) is 5.91 Å². The minimum Gasteiger partial charge on any atom is -0.378 e. The fourth-order valence-electron chi connectivity index (χ4n) is 2.95. The molecule has 0 bridgehead atoms. The highest BCUT2D eigenvalue weighted by Crippen LogP contribution is 2.18. The van der Waals surface area contributed by atoms with Gasteiger partial charge in [-0.2, -0.15) is 0 Å². The summed E-state index contributed by atoms with van der Waals surface area (Å²) in [6.45, 7) is 2.50. The summed E-state index contributed by atoms with van der Waals surface area (Å²) in [4.78, 5) is 35.4. The Balaban J connectivity index is 1.82. The molecular weight excluding hydrogens is 360 g/mol. The van der Waals surface area contributed by atoms with E-state index in [-0.39, 0.29) is 18.4 Å². The number of aromatic nitrogens is 2. The first-order valence-corrected chi connectivity index (χ1v) is 9.23. The largest absolute Gasteiger partial charge is 0.378 e. The molecule has 1 N–H and O–H groups in total. The van der Waals surface area contributed by atoms with Gasteiger partial charge in [0.15, 0.2) is 5.82 Å². The SMILES string of the molecule is COCC(=O)NCCc1nc(-c2ccccc2)ncc1C(=O)N1CCOCC1.